The Hall–Kier alpha value is -2.07. The average molecular weight is 370 g/mol. The van der Waals surface area contributed by atoms with E-state index in [2.05, 4.69) is 36.0 Å². The molecule has 0 fully saturated rings. The Morgan fingerprint density at radius 3 is 2.71 bits per heavy atom. The second kappa shape index (κ2) is 4.74. The zero-order valence-electron chi connectivity index (χ0n) is 10.6. The number of rotatable bonds is 2. The Morgan fingerprint density at radius 1 is 1.33 bits per heavy atom. The minimum absolute atomic E-state index is 0.111. The van der Waals surface area contributed by atoms with Crippen LogP contribution in [0.15, 0.2) is 38.8 Å². The fraction of sp³-hybridized carbons (Fsp3) is 0.0909. The molecule has 0 radical (unpaired) electrons. The molecular weight excluding hydrogens is 362 g/mol. The monoisotopic (exact) mass is 369 g/mol. The lowest BCUT2D eigenvalue weighted by Gasteiger charge is -1.97. The Bertz CT molecular complexity index is 994. The van der Waals surface area contributed by atoms with Gasteiger partial charge < -0.3 is 0 Å². The standard InChI is InChI=1S/C11H8BrN5O3S/c1-21(19,20)10-14-9-7(12)8(6-4-2-3-5-13-6)16-17(9)11(18)15-10/h2-5H,1H3,(H,14,15,18). The predicted molar refractivity (Wildman–Crippen MR) is 77.6 cm³/mol. The van der Waals surface area contributed by atoms with Crippen LogP contribution in [0.25, 0.3) is 17.0 Å². The maximum atomic E-state index is 11.9. The van der Waals surface area contributed by atoms with Crippen LogP contribution in [-0.2, 0) is 9.84 Å². The molecule has 0 spiro atoms. The number of hydrogen-bond donors (Lipinski definition) is 1. The largest absolute Gasteiger partial charge is 0.350 e. The van der Waals surface area contributed by atoms with Crippen LogP contribution in [0.2, 0.25) is 0 Å². The minimum Gasteiger partial charge on any atom is -0.281 e. The van der Waals surface area contributed by atoms with Crippen molar-refractivity contribution in [3.8, 4) is 11.4 Å². The third-order valence-corrected chi connectivity index (χ3v) is 4.30. The quantitative estimate of drug-likeness (QED) is 0.709. The molecule has 0 saturated heterocycles. The fourth-order valence-corrected chi connectivity index (χ4v) is 2.80. The van der Waals surface area contributed by atoms with Crippen molar-refractivity contribution in [2.24, 2.45) is 0 Å². The van der Waals surface area contributed by atoms with Crippen molar-refractivity contribution in [2.75, 3.05) is 6.26 Å². The molecule has 3 rings (SSSR count). The molecule has 0 saturated carbocycles. The first kappa shape index (κ1) is 13.9. The van der Waals surface area contributed by atoms with Crippen molar-refractivity contribution >= 4 is 31.4 Å². The van der Waals surface area contributed by atoms with Gasteiger partial charge in [0.1, 0.15) is 5.69 Å². The molecule has 0 aliphatic carbocycles. The Kier molecular flexibility index (Phi) is 3.14. The van der Waals surface area contributed by atoms with Crippen LogP contribution >= 0.6 is 15.9 Å². The summed E-state index contributed by atoms with van der Waals surface area (Å²) < 4.78 is 24.4. The Morgan fingerprint density at radius 2 is 2.10 bits per heavy atom. The zero-order chi connectivity index (χ0) is 15.2. The van der Waals surface area contributed by atoms with Gasteiger partial charge in [0.15, 0.2) is 5.65 Å². The number of nitrogens with zero attached hydrogens (tertiary/aromatic N) is 4. The Labute approximate surface area is 126 Å². The minimum atomic E-state index is -3.63. The molecule has 0 aromatic carbocycles. The summed E-state index contributed by atoms with van der Waals surface area (Å²) in [6.45, 7) is 0. The first-order valence-electron chi connectivity index (χ1n) is 5.68. The van der Waals surface area contributed by atoms with Crippen LogP contribution in [-0.4, -0.2) is 39.2 Å². The fourth-order valence-electron chi connectivity index (χ4n) is 1.74. The molecule has 1 N–H and O–H groups in total. The van der Waals surface area contributed by atoms with E-state index in [1.165, 1.54) is 0 Å². The number of aromatic nitrogens is 5. The third-order valence-electron chi connectivity index (χ3n) is 2.68. The highest BCUT2D eigenvalue weighted by Gasteiger charge is 2.20. The summed E-state index contributed by atoms with van der Waals surface area (Å²) in [5, 5.41) is 3.70. The summed E-state index contributed by atoms with van der Waals surface area (Å²) >= 11 is 3.29. The molecule has 0 atom stereocenters. The molecule has 10 heteroatoms. The molecule has 0 unspecified atom stereocenters. The van der Waals surface area contributed by atoms with E-state index in [-0.39, 0.29) is 5.65 Å². The number of aromatic amines is 1. The van der Waals surface area contributed by atoms with E-state index in [0.29, 0.717) is 15.9 Å². The van der Waals surface area contributed by atoms with Gasteiger partial charge in [0, 0.05) is 12.5 Å². The van der Waals surface area contributed by atoms with Crippen molar-refractivity contribution < 1.29 is 8.42 Å². The molecule has 21 heavy (non-hydrogen) atoms. The van der Waals surface area contributed by atoms with Crippen LogP contribution in [0.1, 0.15) is 0 Å². The summed E-state index contributed by atoms with van der Waals surface area (Å²) in [5.41, 5.74) is 0.359. The van der Waals surface area contributed by atoms with Crippen molar-refractivity contribution in [1.29, 1.82) is 0 Å². The van der Waals surface area contributed by atoms with Crippen molar-refractivity contribution in [1.82, 2.24) is 24.6 Å². The van der Waals surface area contributed by atoms with Gasteiger partial charge in [0.25, 0.3) is 0 Å². The Balaban J connectivity index is 2.36. The normalized spacial score (nSPS) is 11.9. The average Bonchev–Trinajstić information content (AvgIpc) is 2.77. The smallest absolute Gasteiger partial charge is 0.281 e. The van der Waals surface area contributed by atoms with Crippen molar-refractivity contribution in [3.05, 3.63) is 39.4 Å². The van der Waals surface area contributed by atoms with E-state index < -0.39 is 20.7 Å². The lowest BCUT2D eigenvalue weighted by Crippen LogP contribution is -2.22. The molecule has 0 aliphatic rings. The summed E-state index contributed by atoms with van der Waals surface area (Å²) in [5.74, 6) is 0. The number of halogens is 1. The number of sulfone groups is 1. The van der Waals surface area contributed by atoms with Crippen LogP contribution in [0.4, 0.5) is 0 Å². The molecule has 0 amide bonds. The van der Waals surface area contributed by atoms with Crippen molar-refractivity contribution in [3.63, 3.8) is 0 Å². The summed E-state index contributed by atoms with van der Waals surface area (Å²) in [6.07, 6.45) is 2.55. The van der Waals surface area contributed by atoms with Crippen LogP contribution in [0.5, 0.6) is 0 Å². The molecule has 0 bridgehead atoms. The highest BCUT2D eigenvalue weighted by molar-refractivity contribution is 9.10. The van der Waals surface area contributed by atoms with Crippen molar-refractivity contribution in [2.45, 2.75) is 5.16 Å². The van der Waals surface area contributed by atoms with Gasteiger partial charge in [-0.2, -0.15) is 14.6 Å². The maximum Gasteiger partial charge on any atom is 0.350 e. The number of nitrogens with one attached hydrogen (secondary N) is 1. The topological polar surface area (TPSA) is 110 Å². The number of pyridine rings is 1. The molecule has 108 valence electrons. The number of H-pyrrole nitrogens is 1. The maximum absolute atomic E-state index is 11.9. The van der Waals surface area contributed by atoms with Gasteiger partial charge in [0.05, 0.1) is 10.2 Å². The molecular formula is C11H8BrN5O3S. The lowest BCUT2D eigenvalue weighted by molar-refractivity contribution is 0.590. The van der Waals surface area contributed by atoms with Gasteiger partial charge in [-0.15, -0.1) is 0 Å². The third kappa shape index (κ3) is 2.36. The zero-order valence-corrected chi connectivity index (χ0v) is 13.0. The van der Waals surface area contributed by atoms with E-state index in [9.17, 15) is 13.2 Å². The number of hydrogen-bond acceptors (Lipinski definition) is 6. The second-order valence-corrected chi connectivity index (χ2v) is 6.96. The lowest BCUT2D eigenvalue weighted by atomic mass is 10.3. The predicted octanol–water partition coefficient (Wildman–Crippen LogP) is 0.646. The first-order valence-corrected chi connectivity index (χ1v) is 8.36. The SMILES string of the molecule is CS(=O)(=O)c1nc2c(Br)c(-c3ccccn3)nn2c(=O)[nH]1. The molecule has 3 aromatic heterocycles. The van der Waals surface area contributed by atoms with Crippen LogP contribution < -0.4 is 5.69 Å². The van der Waals surface area contributed by atoms with E-state index in [1.54, 1.807) is 24.4 Å². The molecule has 8 nitrogen and oxygen atoms in total. The first-order chi connectivity index (χ1) is 9.88. The van der Waals surface area contributed by atoms with Gasteiger partial charge in [-0.1, -0.05) is 6.07 Å². The van der Waals surface area contributed by atoms with Gasteiger partial charge in [-0.05, 0) is 28.1 Å². The van der Waals surface area contributed by atoms with Gasteiger partial charge in [0.2, 0.25) is 15.0 Å². The highest BCUT2D eigenvalue weighted by Crippen LogP contribution is 2.28. The highest BCUT2D eigenvalue weighted by atomic mass is 79.9. The van der Waals surface area contributed by atoms with E-state index in [0.717, 1.165) is 10.8 Å². The molecule has 3 aromatic rings. The molecule has 0 aliphatic heterocycles. The second-order valence-electron chi connectivity index (χ2n) is 4.23. The molecule has 3 heterocycles. The van der Waals surface area contributed by atoms with E-state index >= 15 is 0 Å². The van der Waals surface area contributed by atoms with Gasteiger partial charge in [-0.3, -0.25) is 9.97 Å². The van der Waals surface area contributed by atoms with Gasteiger partial charge in [-0.25, -0.2) is 13.2 Å². The summed E-state index contributed by atoms with van der Waals surface area (Å²) in [7, 11) is -3.63. The van der Waals surface area contributed by atoms with E-state index in [1.807, 2.05) is 0 Å². The van der Waals surface area contributed by atoms with Gasteiger partial charge >= 0.3 is 5.69 Å². The number of fused-ring (bicyclic) bond motifs is 1. The summed E-state index contributed by atoms with van der Waals surface area (Å²) in [6, 6.07) is 5.25. The van der Waals surface area contributed by atoms with E-state index in [4.69, 9.17) is 0 Å². The summed E-state index contributed by atoms with van der Waals surface area (Å²) in [4.78, 5) is 22.2. The van der Waals surface area contributed by atoms with Crippen LogP contribution in [0, 0.1) is 0 Å². The van der Waals surface area contributed by atoms with Crippen LogP contribution in [0.3, 0.4) is 0 Å².